The van der Waals surface area contributed by atoms with Crippen LogP contribution in [0.4, 0.5) is 5.69 Å². The summed E-state index contributed by atoms with van der Waals surface area (Å²) in [7, 11) is 0. The summed E-state index contributed by atoms with van der Waals surface area (Å²) in [6.45, 7) is 4.37. The third-order valence-electron chi connectivity index (χ3n) is 3.41. The van der Waals surface area contributed by atoms with Crippen LogP contribution in [-0.2, 0) is 0 Å². The highest BCUT2D eigenvalue weighted by Gasteiger charge is 2.07. The minimum Gasteiger partial charge on any atom is -0.507 e. The van der Waals surface area contributed by atoms with Crippen LogP contribution < -0.4 is 0 Å². The van der Waals surface area contributed by atoms with Gasteiger partial charge in [0.2, 0.25) is 0 Å². The van der Waals surface area contributed by atoms with E-state index in [1.54, 1.807) is 18.3 Å². The molecule has 0 bridgehead atoms. The number of aliphatic imine (C=N–C) groups is 1. The van der Waals surface area contributed by atoms with Gasteiger partial charge in [-0.3, -0.25) is 4.99 Å². The molecule has 0 unspecified atom stereocenters. The Bertz CT molecular complexity index is 622. The molecule has 0 aromatic heterocycles. The first-order valence-corrected chi connectivity index (χ1v) is 7.52. The number of phenols is 1. The summed E-state index contributed by atoms with van der Waals surface area (Å²) >= 11 is 3.40. The normalized spacial score (nSPS) is 12.8. The van der Waals surface area contributed by atoms with Crippen molar-refractivity contribution in [2.24, 2.45) is 4.99 Å². The highest BCUT2D eigenvalue weighted by atomic mass is 79.9. The number of phenolic OH excluding ortho intramolecular Hbond substituents is 1. The lowest BCUT2D eigenvalue weighted by atomic mass is 9.97. The Hall–Kier alpha value is -1.61. The first-order chi connectivity index (χ1) is 9.61. The average molecular weight is 332 g/mol. The first kappa shape index (κ1) is 14.8. The van der Waals surface area contributed by atoms with E-state index in [2.05, 4.69) is 40.8 Å². The molecule has 0 aliphatic heterocycles. The van der Waals surface area contributed by atoms with Crippen molar-refractivity contribution >= 4 is 27.8 Å². The Kier molecular flexibility index (Phi) is 4.96. The van der Waals surface area contributed by atoms with Gasteiger partial charge in [-0.05, 0) is 42.2 Å². The molecule has 20 heavy (non-hydrogen) atoms. The maximum atomic E-state index is 9.83. The smallest absolute Gasteiger partial charge is 0.124 e. The predicted octanol–water partition coefficient (Wildman–Crippen LogP) is 5.42. The van der Waals surface area contributed by atoms with Crippen LogP contribution in [0.15, 0.2) is 51.9 Å². The van der Waals surface area contributed by atoms with E-state index in [9.17, 15) is 5.11 Å². The summed E-state index contributed by atoms with van der Waals surface area (Å²) < 4.78 is 0.923. The second-order valence-electron chi connectivity index (χ2n) is 4.83. The molecular weight excluding hydrogens is 314 g/mol. The van der Waals surface area contributed by atoms with E-state index in [-0.39, 0.29) is 5.75 Å². The molecule has 104 valence electrons. The maximum absolute atomic E-state index is 9.83. The number of rotatable bonds is 4. The number of hydrogen-bond acceptors (Lipinski definition) is 2. The minimum atomic E-state index is 0.234. The molecule has 3 heteroatoms. The van der Waals surface area contributed by atoms with Gasteiger partial charge in [0.25, 0.3) is 0 Å². The number of aromatic hydroxyl groups is 1. The fourth-order valence-corrected chi connectivity index (χ4v) is 2.39. The summed E-state index contributed by atoms with van der Waals surface area (Å²) in [6.07, 6.45) is 2.79. The van der Waals surface area contributed by atoms with Crippen molar-refractivity contribution in [3.05, 3.63) is 58.1 Å². The molecular formula is C17H18BrNO. The quantitative estimate of drug-likeness (QED) is 0.745. The molecule has 0 aliphatic rings. The van der Waals surface area contributed by atoms with Gasteiger partial charge in [0.1, 0.15) is 5.75 Å². The standard InChI is InChI=1S/C17H18BrNO/c1-3-12(2)15-6-4-5-7-16(15)19-11-13-10-14(18)8-9-17(13)20/h4-12,20H,3H2,1-2H3/t12-/m1/s1. The van der Waals surface area contributed by atoms with Crippen LogP contribution in [-0.4, -0.2) is 11.3 Å². The van der Waals surface area contributed by atoms with Gasteiger partial charge >= 0.3 is 0 Å². The summed E-state index contributed by atoms with van der Waals surface area (Å²) in [5.74, 6) is 0.706. The predicted molar refractivity (Wildman–Crippen MR) is 88.2 cm³/mol. The zero-order valence-corrected chi connectivity index (χ0v) is 13.3. The lowest BCUT2D eigenvalue weighted by Gasteiger charge is -2.11. The molecule has 0 radical (unpaired) electrons. The molecule has 0 amide bonds. The summed E-state index contributed by atoms with van der Waals surface area (Å²) in [5.41, 5.74) is 2.90. The topological polar surface area (TPSA) is 32.6 Å². The molecule has 0 saturated heterocycles. The molecule has 2 nitrogen and oxygen atoms in total. The van der Waals surface area contributed by atoms with Crippen LogP contribution in [0, 0.1) is 0 Å². The minimum absolute atomic E-state index is 0.234. The fraction of sp³-hybridized carbons (Fsp3) is 0.235. The highest BCUT2D eigenvalue weighted by Crippen LogP contribution is 2.29. The van der Waals surface area contributed by atoms with E-state index >= 15 is 0 Å². The summed E-state index contributed by atoms with van der Waals surface area (Å²) in [6, 6.07) is 13.5. The Morgan fingerprint density at radius 1 is 1.25 bits per heavy atom. The largest absolute Gasteiger partial charge is 0.507 e. The van der Waals surface area contributed by atoms with Crippen molar-refractivity contribution in [1.82, 2.24) is 0 Å². The molecule has 0 heterocycles. The van der Waals surface area contributed by atoms with Crippen molar-refractivity contribution in [2.75, 3.05) is 0 Å². The fourth-order valence-electron chi connectivity index (χ4n) is 2.01. The highest BCUT2D eigenvalue weighted by molar-refractivity contribution is 9.10. The number of halogens is 1. The Morgan fingerprint density at radius 2 is 2.00 bits per heavy atom. The van der Waals surface area contributed by atoms with Crippen molar-refractivity contribution < 1.29 is 5.11 Å². The summed E-state index contributed by atoms with van der Waals surface area (Å²) in [4.78, 5) is 4.54. The van der Waals surface area contributed by atoms with Gasteiger partial charge in [0.15, 0.2) is 0 Å². The van der Waals surface area contributed by atoms with E-state index in [1.807, 2.05) is 24.3 Å². The van der Waals surface area contributed by atoms with Crippen molar-refractivity contribution in [3.63, 3.8) is 0 Å². The first-order valence-electron chi connectivity index (χ1n) is 6.73. The second-order valence-corrected chi connectivity index (χ2v) is 5.75. The van der Waals surface area contributed by atoms with Gasteiger partial charge in [-0.25, -0.2) is 0 Å². The zero-order valence-electron chi connectivity index (χ0n) is 11.7. The lowest BCUT2D eigenvalue weighted by Crippen LogP contribution is -1.92. The number of para-hydroxylation sites is 1. The third-order valence-corrected chi connectivity index (χ3v) is 3.91. The number of benzene rings is 2. The van der Waals surface area contributed by atoms with Crippen molar-refractivity contribution in [2.45, 2.75) is 26.2 Å². The Morgan fingerprint density at radius 3 is 2.75 bits per heavy atom. The van der Waals surface area contributed by atoms with E-state index < -0.39 is 0 Å². The van der Waals surface area contributed by atoms with E-state index in [1.165, 1.54) is 5.56 Å². The van der Waals surface area contributed by atoms with Crippen LogP contribution >= 0.6 is 15.9 Å². The molecule has 0 saturated carbocycles. The second kappa shape index (κ2) is 6.71. The SMILES string of the molecule is CC[C@@H](C)c1ccccc1N=Cc1cc(Br)ccc1O. The van der Waals surface area contributed by atoms with Gasteiger partial charge in [-0.15, -0.1) is 0 Å². The van der Waals surface area contributed by atoms with Gasteiger partial charge in [-0.1, -0.05) is 48.0 Å². The van der Waals surface area contributed by atoms with Crippen LogP contribution in [0.5, 0.6) is 5.75 Å². The monoisotopic (exact) mass is 331 g/mol. The molecule has 2 aromatic rings. The Labute approximate surface area is 128 Å². The molecule has 1 N–H and O–H groups in total. The van der Waals surface area contributed by atoms with Crippen molar-refractivity contribution in [3.8, 4) is 5.75 Å². The Balaban J connectivity index is 2.34. The third kappa shape index (κ3) is 3.48. The molecule has 2 aromatic carbocycles. The molecule has 1 atom stereocenters. The average Bonchev–Trinajstić information content (AvgIpc) is 2.47. The number of hydrogen-bond donors (Lipinski definition) is 1. The van der Waals surface area contributed by atoms with Gasteiger partial charge < -0.3 is 5.11 Å². The lowest BCUT2D eigenvalue weighted by molar-refractivity contribution is 0.474. The van der Waals surface area contributed by atoms with Crippen LogP contribution in [0.1, 0.15) is 37.3 Å². The molecule has 0 spiro atoms. The molecule has 2 rings (SSSR count). The molecule has 0 aliphatic carbocycles. The maximum Gasteiger partial charge on any atom is 0.124 e. The summed E-state index contributed by atoms with van der Waals surface area (Å²) in [5, 5.41) is 9.83. The van der Waals surface area contributed by atoms with Gasteiger partial charge in [-0.2, -0.15) is 0 Å². The van der Waals surface area contributed by atoms with Crippen LogP contribution in [0.25, 0.3) is 0 Å². The van der Waals surface area contributed by atoms with Crippen LogP contribution in [0.2, 0.25) is 0 Å². The van der Waals surface area contributed by atoms with Crippen LogP contribution in [0.3, 0.4) is 0 Å². The molecule has 0 fully saturated rings. The van der Waals surface area contributed by atoms with Gasteiger partial charge in [0, 0.05) is 16.3 Å². The number of nitrogens with zero attached hydrogens (tertiary/aromatic N) is 1. The van der Waals surface area contributed by atoms with E-state index in [4.69, 9.17) is 0 Å². The van der Waals surface area contributed by atoms with E-state index in [0.717, 1.165) is 16.6 Å². The van der Waals surface area contributed by atoms with Gasteiger partial charge in [0.05, 0.1) is 5.69 Å². The van der Waals surface area contributed by atoms with Crippen molar-refractivity contribution in [1.29, 1.82) is 0 Å². The van der Waals surface area contributed by atoms with E-state index in [0.29, 0.717) is 11.5 Å². The zero-order chi connectivity index (χ0) is 14.5.